The molecular weight excluding hydrogens is 912 g/mol. The molecule has 0 bridgehead atoms. The Morgan fingerprint density at radius 1 is 0.629 bits per heavy atom. The quantitative estimate of drug-likeness (QED) is 0.137. The van der Waals surface area contributed by atoms with Crippen LogP contribution in [-0.4, -0.2) is 68.9 Å². The number of halogens is 2. The number of nitrogens with one attached hydrogen (secondary N) is 2. The number of rotatable bonds is 10. The Hall–Kier alpha value is -5.50. The van der Waals surface area contributed by atoms with Crippen LogP contribution in [-0.2, 0) is 36.1 Å². The molecule has 2 fully saturated rings. The molecule has 318 valence electrons. The van der Waals surface area contributed by atoms with Gasteiger partial charge in [-0.15, -0.1) is 22.7 Å². The summed E-state index contributed by atoms with van der Waals surface area (Å²) in [5.74, 6) is 0.00304. The van der Waals surface area contributed by atoms with Crippen molar-refractivity contribution >= 4 is 116 Å². The van der Waals surface area contributed by atoms with Gasteiger partial charge in [0.15, 0.2) is 10.3 Å². The molecule has 2 saturated heterocycles. The maximum absolute atomic E-state index is 13.2. The maximum atomic E-state index is 13.2. The fourth-order valence-electron chi connectivity index (χ4n) is 8.02. The average Bonchev–Trinajstić information content (AvgIpc) is 4.13. The summed E-state index contributed by atoms with van der Waals surface area (Å²) >= 11 is 14.6. The summed E-state index contributed by atoms with van der Waals surface area (Å²) in [7, 11) is -7.45. The first-order chi connectivity index (χ1) is 29.8. The molecule has 0 unspecified atom stereocenters. The predicted octanol–water partition coefficient (Wildman–Crippen LogP) is 8.30. The van der Waals surface area contributed by atoms with E-state index in [0.29, 0.717) is 57.6 Å². The Balaban J connectivity index is 0.000000158. The molecule has 3 aliphatic rings. The number of sulfonamides is 2. The lowest BCUT2D eigenvalue weighted by molar-refractivity contribution is -0.120. The summed E-state index contributed by atoms with van der Waals surface area (Å²) in [6, 6.07) is 25.5. The van der Waals surface area contributed by atoms with E-state index in [0.717, 1.165) is 29.6 Å². The summed E-state index contributed by atoms with van der Waals surface area (Å²) in [6.45, 7) is 1.94. The van der Waals surface area contributed by atoms with Crippen LogP contribution in [0.2, 0.25) is 10.0 Å². The predicted molar refractivity (Wildman–Crippen MR) is 245 cm³/mol. The number of benzene rings is 4. The molecule has 7 aromatic rings. The van der Waals surface area contributed by atoms with E-state index in [1.165, 1.54) is 64.9 Å². The lowest BCUT2D eigenvalue weighted by Crippen LogP contribution is -2.41. The summed E-state index contributed by atoms with van der Waals surface area (Å²) in [6.07, 6.45) is 7.23. The van der Waals surface area contributed by atoms with Gasteiger partial charge >= 0.3 is 0 Å². The van der Waals surface area contributed by atoms with Crippen molar-refractivity contribution < 1.29 is 26.4 Å². The van der Waals surface area contributed by atoms with Gasteiger partial charge in [0, 0.05) is 87.0 Å². The molecule has 10 rings (SSSR count). The van der Waals surface area contributed by atoms with Gasteiger partial charge in [0.1, 0.15) is 12.1 Å². The van der Waals surface area contributed by atoms with Crippen LogP contribution in [0, 0.1) is 0 Å². The minimum Gasteiger partial charge on any atom is -0.359 e. The molecular formula is C42H36Cl2N8O6S4. The van der Waals surface area contributed by atoms with E-state index in [4.69, 9.17) is 23.2 Å². The maximum Gasteiger partial charge on any atom is 0.263 e. The van der Waals surface area contributed by atoms with Crippen molar-refractivity contribution in [3.8, 4) is 0 Å². The average molecular weight is 948 g/mol. The van der Waals surface area contributed by atoms with Crippen LogP contribution in [0.15, 0.2) is 130 Å². The molecule has 2 atom stereocenters. The fraction of sp³-hybridized carbons (Fsp3) is 0.190. The molecule has 2 amide bonds. The Morgan fingerprint density at radius 2 is 1.16 bits per heavy atom. The SMILES string of the molecule is O=C1[C@@H](N2CCc3cc(Cl)ccc32)CCN1c1ccc(S(=O)(=O)Nc2nccs2)cc1.O=C1[C@@H](n2ccc3cc(Cl)ccc32)CCN1c1ccc(S(=O)(=O)Nc2nccs2)cc1. The van der Waals surface area contributed by atoms with Crippen LogP contribution < -0.4 is 24.1 Å². The molecule has 20 heteroatoms. The standard InChI is InChI=1S/C21H19ClN4O3S2.C21H17ClN4O3S2/c2*22-15-1-6-18-14(13-15)7-10-26(18)19-8-11-25(20(19)27)16-2-4-17(5-3-16)31(28,29)24-21-23-9-12-30-21/h1-6,9,12-13,19H,7-8,10-11H2,(H,23,24);1-7,9-10,12-13,19H,8,11H2,(H,23,24)/t2*19-/m00/s1. The van der Waals surface area contributed by atoms with Crippen LogP contribution in [0.1, 0.15) is 24.4 Å². The van der Waals surface area contributed by atoms with Gasteiger partial charge in [-0.1, -0.05) is 23.2 Å². The monoisotopic (exact) mass is 946 g/mol. The summed E-state index contributed by atoms with van der Waals surface area (Å²) in [5.41, 5.74) is 4.55. The first-order valence-electron chi connectivity index (χ1n) is 19.3. The highest BCUT2D eigenvalue weighted by molar-refractivity contribution is 7.93. The molecule has 0 radical (unpaired) electrons. The number of aromatic nitrogens is 3. The largest absolute Gasteiger partial charge is 0.359 e. The minimum absolute atomic E-state index is 0.0241. The zero-order chi connectivity index (χ0) is 43.2. The zero-order valence-corrected chi connectivity index (χ0v) is 37.2. The second-order valence-corrected chi connectivity index (χ2v) is 20.6. The lowest BCUT2D eigenvalue weighted by atomic mass is 10.1. The molecule has 62 heavy (non-hydrogen) atoms. The van der Waals surface area contributed by atoms with Crippen LogP contribution in [0.25, 0.3) is 10.9 Å². The van der Waals surface area contributed by atoms with E-state index >= 15 is 0 Å². The van der Waals surface area contributed by atoms with Gasteiger partial charge in [-0.3, -0.25) is 19.0 Å². The zero-order valence-electron chi connectivity index (χ0n) is 32.5. The summed E-state index contributed by atoms with van der Waals surface area (Å²) in [4.78, 5) is 40.0. The van der Waals surface area contributed by atoms with Crippen molar-refractivity contribution in [1.82, 2.24) is 14.5 Å². The Kier molecular flexibility index (Phi) is 11.5. The molecule has 3 aliphatic heterocycles. The second kappa shape index (κ2) is 17.0. The number of thiazole rings is 2. The van der Waals surface area contributed by atoms with Crippen molar-refractivity contribution in [3.63, 3.8) is 0 Å². The molecule has 4 aromatic carbocycles. The second-order valence-electron chi connectivity index (χ2n) is 14.6. The van der Waals surface area contributed by atoms with Crippen LogP contribution in [0.5, 0.6) is 0 Å². The third-order valence-corrected chi connectivity index (χ3v) is 15.8. The van der Waals surface area contributed by atoms with Gasteiger partial charge in [-0.2, -0.15) is 0 Å². The normalized spacial score (nSPS) is 17.7. The number of hydrogen-bond acceptors (Lipinski definition) is 11. The molecule has 2 N–H and O–H groups in total. The molecule has 6 heterocycles. The van der Waals surface area contributed by atoms with Crippen molar-refractivity contribution in [1.29, 1.82) is 0 Å². The minimum atomic E-state index is -3.73. The number of amides is 2. The van der Waals surface area contributed by atoms with E-state index in [1.54, 1.807) is 44.8 Å². The fourth-order valence-corrected chi connectivity index (χ4v) is 12.0. The van der Waals surface area contributed by atoms with Crippen LogP contribution in [0.3, 0.4) is 0 Å². The number of carbonyl (C=O) groups excluding carboxylic acids is 2. The van der Waals surface area contributed by atoms with Crippen LogP contribution in [0.4, 0.5) is 27.3 Å². The topological polar surface area (TPSA) is 167 Å². The van der Waals surface area contributed by atoms with Gasteiger partial charge in [0.25, 0.3) is 20.0 Å². The van der Waals surface area contributed by atoms with Gasteiger partial charge in [0.2, 0.25) is 11.8 Å². The van der Waals surface area contributed by atoms with Crippen molar-refractivity contribution in [2.75, 3.05) is 43.8 Å². The van der Waals surface area contributed by atoms with Gasteiger partial charge in [0.05, 0.1) is 9.79 Å². The molecule has 3 aromatic heterocycles. The van der Waals surface area contributed by atoms with E-state index < -0.39 is 20.0 Å². The Labute approximate surface area is 375 Å². The van der Waals surface area contributed by atoms with Crippen molar-refractivity contribution in [2.45, 2.75) is 41.1 Å². The third-order valence-electron chi connectivity index (χ3n) is 10.9. The van der Waals surface area contributed by atoms with Gasteiger partial charge < -0.3 is 19.3 Å². The number of fused-ring (bicyclic) bond motifs is 2. The highest BCUT2D eigenvalue weighted by atomic mass is 35.5. The van der Waals surface area contributed by atoms with E-state index in [9.17, 15) is 26.4 Å². The van der Waals surface area contributed by atoms with E-state index in [2.05, 4.69) is 24.3 Å². The van der Waals surface area contributed by atoms with Crippen LogP contribution >= 0.6 is 45.9 Å². The lowest BCUT2D eigenvalue weighted by Gasteiger charge is -2.26. The van der Waals surface area contributed by atoms with E-state index in [1.807, 2.05) is 53.2 Å². The Bertz CT molecular complexity index is 3000. The summed E-state index contributed by atoms with van der Waals surface area (Å²) in [5, 5.41) is 6.36. The molecule has 14 nitrogen and oxygen atoms in total. The number of anilines is 5. The number of hydrogen-bond donors (Lipinski definition) is 2. The highest BCUT2D eigenvalue weighted by Gasteiger charge is 2.39. The van der Waals surface area contributed by atoms with Crippen molar-refractivity contribution in [2.24, 2.45) is 0 Å². The Morgan fingerprint density at radius 3 is 1.73 bits per heavy atom. The summed E-state index contributed by atoms with van der Waals surface area (Å²) < 4.78 is 56.9. The number of carbonyl (C=O) groups is 2. The van der Waals surface area contributed by atoms with E-state index in [-0.39, 0.29) is 33.7 Å². The molecule has 0 saturated carbocycles. The van der Waals surface area contributed by atoms with Crippen molar-refractivity contribution in [3.05, 3.63) is 136 Å². The molecule has 0 spiro atoms. The molecule has 0 aliphatic carbocycles. The smallest absolute Gasteiger partial charge is 0.263 e. The number of nitrogens with zero attached hydrogens (tertiary/aromatic N) is 6. The van der Waals surface area contributed by atoms with Gasteiger partial charge in [-0.25, -0.2) is 26.8 Å². The first kappa shape index (κ1) is 41.8. The van der Waals surface area contributed by atoms with Gasteiger partial charge in [-0.05, 0) is 116 Å². The first-order valence-corrected chi connectivity index (χ1v) is 24.8. The highest BCUT2D eigenvalue weighted by Crippen LogP contribution is 2.37. The third kappa shape index (κ3) is 8.37.